The van der Waals surface area contributed by atoms with Gasteiger partial charge in [-0.2, -0.15) is 4.57 Å². The van der Waals surface area contributed by atoms with Crippen LogP contribution in [0.5, 0.6) is 0 Å². The van der Waals surface area contributed by atoms with E-state index >= 15 is 0 Å². The monoisotopic (exact) mass is 168 g/mol. The molecule has 0 fully saturated rings. The molecule has 0 aliphatic carbocycles. The fraction of sp³-hybridized carbons (Fsp3) is 0.222. The zero-order chi connectivity index (χ0) is 8.27. The highest BCUT2D eigenvalue weighted by Crippen LogP contribution is 1.96. The molecular weight excluding hydrogens is 158 g/mol. The van der Waals surface area contributed by atoms with Gasteiger partial charge in [-0.1, -0.05) is 18.2 Å². The molecule has 0 aliphatic heterocycles. The molecule has 0 atom stereocenters. The first-order chi connectivity index (χ1) is 5.18. The summed E-state index contributed by atoms with van der Waals surface area (Å²) in [6.07, 6.45) is 3.98. The van der Waals surface area contributed by atoms with Crippen molar-refractivity contribution in [1.29, 1.82) is 0 Å². The van der Waals surface area contributed by atoms with E-state index in [-0.39, 0.29) is 0 Å². The van der Waals surface area contributed by atoms with E-state index in [1.165, 1.54) is 5.56 Å². The van der Waals surface area contributed by atoms with Gasteiger partial charge in [-0.3, -0.25) is 0 Å². The van der Waals surface area contributed by atoms with Gasteiger partial charge in [0, 0.05) is 12.1 Å². The van der Waals surface area contributed by atoms with Gasteiger partial charge in [0.2, 0.25) is 0 Å². The summed E-state index contributed by atoms with van der Waals surface area (Å²) in [7, 11) is 0. The second kappa shape index (κ2) is 3.54. The Balaban J connectivity index is 2.74. The Hall–Kier alpha value is -0.820. The normalized spacial score (nSPS) is 9.64. The van der Waals surface area contributed by atoms with Gasteiger partial charge in [0.25, 0.3) is 0 Å². The van der Waals surface area contributed by atoms with Crippen molar-refractivity contribution < 1.29 is 4.57 Å². The zero-order valence-corrected chi connectivity index (χ0v) is 7.30. The van der Waals surface area contributed by atoms with E-state index in [1.807, 2.05) is 29.1 Å². The first-order valence-corrected chi connectivity index (χ1v) is 3.85. The van der Waals surface area contributed by atoms with Crippen molar-refractivity contribution in [2.75, 3.05) is 0 Å². The largest absolute Gasteiger partial charge is 0.200 e. The Kier molecular flexibility index (Phi) is 2.66. The summed E-state index contributed by atoms with van der Waals surface area (Å²) in [5.41, 5.74) is 1.25. The topological polar surface area (TPSA) is 3.88 Å². The highest BCUT2D eigenvalue weighted by molar-refractivity contribution is 6.29. The molecule has 0 spiro atoms. The molecule has 0 aromatic carbocycles. The van der Waals surface area contributed by atoms with Gasteiger partial charge in [-0.25, -0.2) is 0 Å². The fourth-order valence-electron chi connectivity index (χ4n) is 0.835. The number of aryl methyl sites for hydroxylation is 1. The summed E-state index contributed by atoms with van der Waals surface area (Å²) in [5.74, 6) is 0. The van der Waals surface area contributed by atoms with Crippen molar-refractivity contribution in [3.05, 3.63) is 41.7 Å². The zero-order valence-electron chi connectivity index (χ0n) is 6.55. The molecule has 1 heterocycles. The van der Waals surface area contributed by atoms with E-state index in [0.717, 1.165) is 0 Å². The third kappa shape index (κ3) is 2.72. The van der Waals surface area contributed by atoms with Crippen LogP contribution in [0.2, 0.25) is 0 Å². The highest BCUT2D eigenvalue weighted by Gasteiger charge is 1.98. The summed E-state index contributed by atoms with van der Waals surface area (Å²) in [6, 6.07) is 4.08. The Labute approximate surface area is 71.9 Å². The molecule has 58 valence electrons. The first kappa shape index (κ1) is 8.28. The summed E-state index contributed by atoms with van der Waals surface area (Å²) >= 11 is 5.64. The molecule has 1 rings (SSSR count). The number of rotatable bonds is 2. The molecular formula is C9H11ClN+. The molecule has 0 saturated carbocycles. The van der Waals surface area contributed by atoms with E-state index < -0.39 is 0 Å². The van der Waals surface area contributed by atoms with E-state index in [4.69, 9.17) is 11.6 Å². The Morgan fingerprint density at radius 2 is 2.09 bits per heavy atom. The highest BCUT2D eigenvalue weighted by atomic mass is 35.5. The molecule has 0 saturated heterocycles. The number of hydrogen-bond acceptors (Lipinski definition) is 0. The van der Waals surface area contributed by atoms with Crippen molar-refractivity contribution in [3.8, 4) is 0 Å². The molecule has 1 aromatic rings. The molecule has 0 aliphatic rings. The molecule has 2 heteroatoms. The lowest BCUT2D eigenvalue weighted by molar-refractivity contribution is -0.687. The van der Waals surface area contributed by atoms with Crippen LogP contribution in [0.3, 0.4) is 0 Å². The average molecular weight is 169 g/mol. The number of nitrogens with zero attached hydrogens (tertiary/aromatic N) is 1. The molecule has 1 aromatic heterocycles. The average Bonchev–Trinajstić information content (AvgIpc) is 1.93. The number of hydrogen-bond donors (Lipinski definition) is 0. The van der Waals surface area contributed by atoms with Crippen LogP contribution in [0, 0.1) is 6.92 Å². The lowest BCUT2D eigenvalue weighted by Crippen LogP contribution is -2.32. The lowest BCUT2D eigenvalue weighted by atomic mass is 10.3. The maximum atomic E-state index is 5.64. The van der Waals surface area contributed by atoms with Gasteiger partial charge in [0.05, 0.1) is 5.03 Å². The Bertz CT molecular complexity index is 251. The third-order valence-electron chi connectivity index (χ3n) is 1.41. The number of halogens is 1. The first-order valence-electron chi connectivity index (χ1n) is 3.47. The van der Waals surface area contributed by atoms with Gasteiger partial charge in [-0.05, 0) is 12.5 Å². The minimum Gasteiger partial charge on any atom is -0.200 e. The maximum absolute atomic E-state index is 5.64. The van der Waals surface area contributed by atoms with E-state index in [2.05, 4.69) is 13.5 Å². The van der Waals surface area contributed by atoms with Crippen molar-refractivity contribution >= 4 is 11.6 Å². The van der Waals surface area contributed by atoms with E-state index in [0.29, 0.717) is 11.6 Å². The summed E-state index contributed by atoms with van der Waals surface area (Å²) < 4.78 is 1.99. The summed E-state index contributed by atoms with van der Waals surface area (Å²) in [4.78, 5) is 0. The molecule has 11 heavy (non-hydrogen) atoms. The Morgan fingerprint density at radius 1 is 1.55 bits per heavy atom. The van der Waals surface area contributed by atoms with Gasteiger partial charge in [0.15, 0.2) is 18.9 Å². The van der Waals surface area contributed by atoms with Crippen molar-refractivity contribution in [2.45, 2.75) is 13.5 Å². The number of aromatic nitrogens is 1. The number of pyridine rings is 1. The standard InChI is InChI=1S/C9H11ClN/c1-8-3-5-11(6-4-8)7-9(2)10/h3-6H,2,7H2,1H3/q+1. The van der Waals surface area contributed by atoms with Crippen LogP contribution >= 0.6 is 11.6 Å². The molecule has 1 nitrogen and oxygen atoms in total. The minimum absolute atomic E-state index is 0.652. The van der Waals surface area contributed by atoms with Crippen LogP contribution in [0.25, 0.3) is 0 Å². The van der Waals surface area contributed by atoms with Crippen LogP contribution in [0.15, 0.2) is 36.1 Å². The molecule has 0 unspecified atom stereocenters. The second-order valence-corrected chi connectivity index (χ2v) is 3.10. The van der Waals surface area contributed by atoms with Gasteiger partial charge >= 0.3 is 0 Å². The quantitative estimate of drug-likeness (QED) is 0.595. The minimum atomic E-state index is 0.652. The molecule has 0 bridgehead atoms. The van der Waals surface area contributed by atoms with Crippen LogP contribution in [-0.2, 0) is 6.54 Å². The molecule has 0 N–H and O–H groups in total. The number of allylic oxidation sites excluding steroid dienone is 1. The van der Waals surface area contributed by atoms with Crippen LogP contribution in [0.4, 0.5) is 0 Å². The summed E-state index contributed by atoms with van der Waals surface area (Å²) in [5, 5.41) is 0.652. The SMILES string of the molecule is C=C(Cl)C[n+]1ccc(C)cc1. The maximum Gasteiger partial charge on any atom is 0.183 e. The van der Waals surface area contributed by atoms with Gasteiger partial charge in [-0.15, -0.1) is 0 Å². The van der Waals surface area contributed by atoms with Crippen LogP contribution < -0.4 is 4.57 Å². The molecule has 0 amide bonds. The van der Waals surface area contributed by atoms with Crippen LogP contribution in [-0.4, -0.2) is 0 Å². The van der Waals surface area contributed by atoms with Crippen LogP contribution in [0.1, 0.15) is 5.56 Å². The second-order valence-electron chi connectivity index (χ2n) is 2.57. The lowest BCUT2D eigenvalue weighted by Gasteiger charge is -1.93. The predicted molar refractivity (Wildman–Crippen MR) is 46.4 cm³/mol. The van der Waals surface area contributed by atoms with E-state index in [9.17, 15) is 0 Å². The third-order valence-corrected chi connectivity index (χ3v) is 1.53. The van der Waals surface area contributed by atoms with E-state index in [1.54, 1.807) is 0 Å². The van der Waals surface area contributed by atoms with Gasteiger partial charge in [0.1, 0.15) is 0 Å². The Morgan fingerprint density at radius 3 is 2.55 bits per heavy atom. The fourth-order valence-corrected chi connectivity index (χ4v) is 0.973. The molecule has 0 radical (unpaired) electrons. The predicted octanol–water partition coefficient (Wildman–Crippen LogP) is 2.04. The van der Waals surface area contributed by atoms with Crippen molar-refractivity contribution in [2.24, 2.45) is 0 Å². The van der Waals surface area contributed by atoms with Crippen molar-refractivity contribution in [1.82, 2.24) is 0 Å². The smallest absolute Gasteiger partial charge is 0.183 e. The summed E-state index contributed by atoms with van der Waals surface area (Å²) in [6.45, 7) is 6.36. The van der Waals surface area contributed by atoms with Crippen molar-refractivity contribution in [3.63, 3.8) is 0 Å². The van der Waals surface area contributed by atoms with Gasteiger partial charge < -0.3 is 0 Å².